The van der Waals surface area contributed by atoms with Crippen molar-refractivity contribution in [2.24, 2.45) is 0 Å². The lowest BCUT2D eigenvalue weighted by molar-refractivity contribution is -0.0247. The molecule has 0 aliphatic rings. The molecule has 0 radical (unpaired) electrons. The maximum Gasteiger partial charge on any atom is 0.0833 e. The van der Waals surface area contributed by atoms with E-state index < -0.39 is 0 Å². The highest BCUT2D eigenvalue weighted by atomic mass is 16.5. The molecule has 2 unspecified atom stereocenters. The lowest BCUT2D eigenvalue weighted by atomic mass is 10.0. The lowest BCUT2D eigenvalue weighted by Gasteiger charge is -2.26. The van der Waals surface area contributed by atoms with Gasteiger partial charge >= 0.3 is 0 Å². The maximum absolute atomic E-state index is 6.58. The van der Waals surface area contributed by atoms with E-state index in [2.05, 4.69) is 76.2 Å². The van der Waals surface area contributed by atoms with Gasteiger partial charge in [0.25, 0.3) is 0 Å². The Labute approximate surface area is 141 Å². The number of hydrogen-bond acceptors (Lipinski definition) is 1. The van der Waals surface area contributed by atoms with Crippen LogP contribution >= 0.6 is 0 Å². The Bertz CT molecular complexity index is 514. The fraction of sp³-hybridized carbons (Fsp3) is 0.455. The number of rotatable bonds is 8. The highest BCUT2D eigenvalue weighted by molar-refractivity contribution is 5.25. The fourth-order valence-electron chi connectivity index (χ4n) is 2.91. The molecule has 0 aliphatic carbocycles. The first kappa shape index (κ1) is 17.7. The summed E-state index contributed by atoms with van der Waals surface area (Å²) in [7, 11) is 0. The smallest absolute Gasteiger partial charge is 0.0833 e. The van der Waals surface area contributed by atoms with Crippen molar-refractivity contribution in [2.75, 3.05) is 0 Å². The van der Waals surface area contributed by atoms with Gasteiger partial charge in [-0.05, 0) is 37.8 Å². The van der Waals surface area contributed by atoms with Crippen LogP contribution in [0.4, 0.5) is 0 Å². The molecule has 124 valence electrons. The number of aryl methyl sites for hydroxylation is 2. The number of hydrogen-bond donors (Lipinski definition) is 0. The molecular weight excluding hydrogens is 280 g/mol. The van der Waals surface area contributed by atoms with Gasteiger partial charge in [-0.15, -0.1) is 0 Å². The van der Waals surface area contributed by atoms with E-state index in [9.17, 15) is 0 Å². The minimum Gasteiger partial charge on any atom is -0.366 e. The van der Waals surface area contributed by atoms with Crippen molar-refractivity contribution in [1.82, 2.24) is 0 Å². The normalized spacial score (nSPS) is 13.7. The summed E-state index contributed by atoms with van der Waals surface area (Å²) in [5.74, 6) is 0. The van der Waals surface area contributed by atoms with Crippen molar-refractivity contribution < 1.29 is 4.74 Å². The van der Waals surface area contributed by atoms with Crippen molar-refractivity contribution in [1.29, 1.82) is 0 Å². The summed E-state index contributed by atoms with van der Waals surface area (Å²) in [6, 6.07) is 17.6. The molecule has 1 heteroatoms. The molecule has 23 heavy (non-hydrogen) atoms. The quantitative estimate of drug-likeness (QED) is 0.527. The summed E-state index contributed by atoms with van der Waals surface area (Å²) < 4.78 is 6.58. The molecule has 0 bridgehead atoms. The van der Waals surface area contributed by atoms with E-state index >= 15 is 0 Å². The van der Waals surface area contributed by atoms with E-state index in [0.717, 1.165) is 25.7 Å². The largest absolute Gasteiger partial charge is 0.366 e. The van der Waals surface area contributed by atoms with Gasteiger partial charge in [0.2, 0.25) is 0 Å². The monoisotopic (exact) mass is 310 g/mol. The average molecular weight is 310 g/mol. The molecule has 0 N–H and O–H groups in total. The van der Waals surface area contributed by atoms with Crippen LogP contribution in [-0.4, -0.2) is 0 Å². The van der Waals surface area contributed by atoms with Gasteiger partial charge in [-0.3, -0.25) is 0 Å². The third kappa shape index (κ3) is 5.21. The van der Waals surface area contributed by atoms with Gasteiger partial charge in [-0.2, -0.15) is 0 Å². The fourth-order valence-corrected chi connectivity index (χ4v) is 2.91. The molecule has 0 spiro atoms. The van der Waals surface area contributed by atoms with Crippen LogP contribution in [0.1, 0.15) is 74.0 Å². The van der Waals surface area contributed by atoms with Gasteiger partial charge in [0, 0.05) is 0 Å². The summed E-state index contributed by atoms with van der Waals surface area (Å²) in [6.45, 7) is 8.72. The van der Waals surface area contributed by atoms with E-state index in [-0.39, 0.29) is 12.2 Å². The van der Waals surface area contributed by atoms with Gasteiger partial charge < -0.3 is 4.74 Å². The van der Waals surface area contributed by atoms with E-state index in [1.165, 1.54) is 22.3 Å². The summed E-state index contributed by atoms with van der Waals surface area (Å²) in [5.41, 5.74) is 5.19. The average Bonchev–Trinajstić information content (AvgIpc) is 2.55. The molecule has 0 heterocycles. The van der Waals surface area contributed by atoms with Crippen molar-refractivity contribution in [3.63, 3.8) is 0 Å². The van der Waals surface area contributed by atoms with Gasteiger partial charge in [0.15, 0.2) is 0 Å². The van der Waals surface area contributed by atoms with Crippen molar-refractivity contribution in [2.45, 2.75) is 65.6 Å². The molecule has 0 aliphatic heterocycles. The van der Waals surface area contributed by atoms with Crippen LogP contribution in [0.3, 0.4) is 0 Å². The Balaban J connectivity index is 2.19. The molecular formula is C22H30O. The molecule has 2 rings (SSSR count). The van der Waals surface area contributed by atoms with Crippen LogP contribution in [0, 0.1) is 13.8 Å². The molecule has 2 atom stereocenters. The molecule has 0 saturated carbocycles. The second-order valence-electron chi connectivity index (χ2n) is 6.51. The van der Waals surface area contributed by atoms with Crippen LogP contribution in [0.5, 0.6) is 0 Å². The predicted octanol–water partition coefficient (Wildman–Crippen LogP) is 6.70. The van der Waals surface area contributed by atoms with Gasteiger partial charge in [-0.1, -0.05) is 86.3 Å². The van der Waals surface area contributed by atoms with Crippen molar-refractivity contribution >= 4 is 0 Å². The topological polar surface area (TPSA) is 9.23 Å². The molecule has 2 aromatic carbocycles. The Kier molecular flexibility index (Phi) is 6.85. The van der Waals surface area contributed by atoms with E-state index in [0.29, 0.717) is 0 Å². The first-order valence-electron chi connectivity index (χ1n) is 8.92. The molecule has 0 aromatic heterocycles. The van der Waals surface area contributed by atoms with Crippen molar-refractivity contribution in [3.05, 3.63) is 70.8 Å². The Morgan fingerprint density at radius 3 is 1.30 bits per heavy atom. The Hall–Kier alpha value is -1.60. The van der Waals surface area contributed by atoms with Gasteiger partial charge in [-0.25, -0.2) is 0 Å². The van der Waals surface area contributed by atoms with Crippen LogP contribution < -0.4 is 0 Å². The highest BCUT2D eigenvalue weighted by Gasteiger charge is 2.19. The third-order valence-corrected chi connectivity index (χ3v) is 4.33. The van der Waals surface area contributed by atoms with E-state index in [1.807, 2.05) is 0 Å². The minimum absolute atomic E-state index is 0.179. The zero-order valence-electron chi connectivity index (χ0n) is 15.0. The highest BCUT2D eigenvalue weighted by Crippen LogP contribution is 2.33. The van der Waals surface area contributed by atoms with Crippen LogP contribution in [0.15, 0.2) is 48.5 Å². The Morgan fingerprint density at radius 2 is 1.00 bits per heavy atom. The van der Waals surface area contributed by atoms with Gasteiger partial charge in [0.1, 0.15) is 0 Å². The number of benzene rings is 2. The van der Waals surface area contributed by atoms with Gasteiger partial charge in [0.05, 0.1) is 12.2 Å². The molecule has 0 saturated heterocycles. The summed E-state index contributed by atoms with van der Waals surface area (Å²) in [6.07, 6.45) is 4.75. The zero-order chi connectivity index (χ0) is 16.7. The standard InChI is InChI=1S/C22H30O/c1-5-7-21(19-13-9-17(3)10-14-19)23-22(8-6-2)20-15-11-18(4)12-16-20/h9-16,21-22H,5-8H2,1-4H3. The maximum atomic E-state index is 6.58. The zero-order valence-corrected chi connectivity index (χ0v) is 15.0. The third-order valence-electron chi connectivity index (χ3n) is 4.33. The summed E-state index contributed by atoms with van der Waals surface area (Å²) in [4.78, 5) is 0. The summed E-state index contributed by atoms with van der Waals surface area (Å²) >= 11 is 0. The van der Waals surface area contributed by atoms with Crippen LogP contribution in [0.2, 0.25) is 0 Å². The van der Waals surface area contributed by atoms with E-state index in [1.54, 1.807) is 0 Å². The summed E-state index contributed by atoms with van der Waals surface area (Å²) in [5, 5.41) is 0. The molecule has 0 amide bonds. The molecule has 0 fully saturated rings. The lowest BCUT2D eigenvalue weighted by Crippen LogP contribution is -2.11. The van der Waals surface area contributed by atoms with Crippen LogP contribution in [-0.2, 0) is 4.74 Å². The number of ether oxygens (including phenoxy) is 1. The SMILES string of the molecule is CCCC(OC(CCC)c1ccc(C)cc1)c1ccc(C)cc1. The molecule has 1 nitrogen and oxygen atoms in total. The van der Waals surface area contributed by atoms with Crippen LogP contribution in [0.25, 0.3) is 0 Å². The first-order valence-corrected chi connectivity index (χ1v) is 8.92. The predicted molar refractivity (Wildman–Crippen MR) is 98.7 cm³/mol. The minimum atomic E-state index is 0.179. The Morgan fingerprint density at radius 1 is 0.652 bits per heavy atom. The van der Waals surface area contributed by atoms with E-state index in [4.69, 9.17) is 4.74 Å². The first-order chi connectivity index (χ1) is 11.1. The molecule has 2 aromatic rings. The van der Waals surface area contributed by atoms with Crippen molar-refractivity contribution in [3.8, 4) is 0 Å². The second kappa shape index (κ2) is 8.88. The second-order valence-corrected chi connectivity index (χ2v) is 6.51.